The summed E-state index contributed by atoms with van der Waals surface area (Å²) >= 11 is 0. The third kappa shape index (κ3) is 5.16. The molecule has 1 aliphatic rings. The van der Waals surface area contributed by atoms with Crippen molar-refractivity contribution in [2.45, 2.75) is 12.3 Å². The zero-order valence-corrected chi connectivity index (χ0v) is 26.3. The van der Waals surface area contributed by atoms with Crippen LogP contribution in [0.2, 0.25) is 0 Å². The molecule has 0 saturated heterocycles. The van der Waals surface area contributed by atoms with Gasteiger partial charge in [0.25, 0.3) is 0 Å². The lowest BCUT2D eigenvalue weighted by Gasteiger charge is -2.20. The molecule has 226 valence electrons. The molecule has 48 heavy (non-hydrogen) atoms. The van der Waals surface area contributed by atoms with E-state index in [1.165, 1.54) is 38.4 Å². The molecule has 0 radical (unpaired) electrons. The zero-order chi connectivity index (χ0) is 31.9. The van der Waals surface area contributed by atoms with Gasteiger partial charge in [0.05, 0.1) is 16.9 Å². The largest absolute Gasteiger partial charge is 0.256 e. The van der Waals surface area contributed by atoms with Gasteiger partial charge in [0.1, 0.15) is 0 Å². The van der Waals surface area contributed by atoms with E-state index in [1.807, 2.05) is 12.3 Å². The number of nitrogens with zero attached hydrogens (tertiary/aromatic N) is 3. The number of pyridine rings is 1. The second kappa shape index (κ2) is 11.9. The second-order valence-electron chi connectivity index (χ2n) is 12.4. The molecule has 0 bridgehead atoms. The molecule has 1 atom stereocenters. The van der Waals surface area contributed by atoms with Gasteiger partial charge in [0.2, 0.25) is 0 Å². The smallest absolute Gasteiger partial charge is 0.161 e. The topological polar surface area (TPSA) is 38.7 Å². The normalized spacial score (nSPS) is 14.4. The summed E-state index contributed by atoms with van der Waals surface area (Å²) in [6.07, 6.45) is 9.39. The second-order valence-corrected chi connectivity index (χ2v) is 12.4. The van der Waals surface area contributed by atoms with E-state index >= 15 is 0 Å². The van der Waals surface area contributed by atoms with Gasteiger partial charge >= 0.3 is 0 Å². The summed E-state index contributed by atoms with van der Waals surface area (Å²) < 4.78 is 0. The summed E-state index contributed by atoms with van der Waals surface area (Å²) in [5.74, 6) is 0.975. The van der Waals surface area contributed by atoms with Crippen LogP contribution in [-0.2, 0) is 0 Å². The number of benzene rings is 6. The highest BCUT2D eigenvalue weighted by Crippen LogP contribution is 2.38. The van der Waals surface area contributed by atoms with Crippen LogP contribution >= 0.6 is 0 Å². The number of fused-ring (bicyclic) bond motifs is 4. The van der Waals surface area contributed by atoms with Gasteiger partial charge in [0, 0.05) is 28.6 Å². The SMILES string of the molecule is C1=CC(c2ccc3ncccc3c2)CC(c2cc(-c3ccc(-c4ccccc4)cc3)nc(-c3cc4ccccc4c4ccccc34)n2)=C1. The van der Waals surface area contributed by atoms with E-state index in [-0.39, 0.29) is 5.92 Å². The third-order valence-corrected chi connectivity index (χ3v) is 9.49. The van der Waals surface area contributed by atoms with E-state index in [9.17, 15) is 0 Å². The van der Waals surface area contributed by atoms with Gasteiger partial charge in [-0.1, -0.05) is 133 Å². The molecule has 2 aromatic heterocycles. The standard InChI is InChI=1S/C45H31N3/c1-2-10-30(11-3-1)31-19-21-32(22-20-31)43-29-44(37-14-8-13-33(26-37)34-23-24-42-36(27-34)15-9-25-46-42)48-45(47-43)41-28-35-12-4-5-16-38(35)39-17-6-7-18-40(39)41/h1-25,27-29,33H,26H2. The van der Waals surface area contributed by atoms with Crippen LogP contribution in [0.1, 0.15) is 23.6 Å². The van der Waals surface area contributed by atoms with Crippen LogP contribution in [0.25, 0.3) is 71.8 Å². The highest BCUT2D eigenvalue weighted by Gasteiger charge is 2.20. The van der Waals surface area contributed by atoms with E-state index in [1.54, 1.807) is 0 Å². The quantitative estimate of drug-likeness (QED) is 0.181. The van der Waals surface area contributed by atoms with Gasteiger partial charge in [-0.25, -0.2) is 9.97 Å². The number of aromatic nitrogens is 3. The predicted octanol–water partition coefficient (Wildman–Crippen LogP) is 11.5. The Labute approximate surface area is 279 Å². The molecule has 0 N–H and O–H groups in total. The summed E-state index contributed by atoms with van der Waals surface area (Å²) in [4.78, 5) is 15.1. The molecule has 0 amide bonds. The third-order valence-electron chi connectivity index (χ3n) is 9.49. The fourth-order valence-corrected chi connectivity index (χ4v) is 7.01. The summed E-state index contributed by atoms with van der Waals surface area (Å²) in [7, 11) is 0. The minimum Gasteiger partial charge on any atom is -0.256 e. The van der Waals surface area contributed by atoms with Crippen LogP contribution in [-0.4, -0.2) is 15.0 Å². The molecule has 0 fully saturated rings. The summed E-state index contributed by atoms with van der Waals surface area (Å²) in [6.45, 7) is 0. The lowest BCUT2D eigenvalue weighted by atomic mass is 9.86. The maximum Gasteiger partial charge on any atom is 0.161 e. The first-order chi connectivity index (χ1) is 23.8. The Kier molecular flexibility index (Phi) is 6.94. The zero-order valence-electron chi connectivity index (χ0n) is 26.3. The van der Waals surface area contributed by atoms with Crippen molar-refractivity contribution in [3.63, 3.8) is 0 Å². The van der Waals surface area contributed by atoms with Crippen molar-refractivity contribution in [3.05, 3.63) is 181 Å². The van der Waals surface area contributed by atoms with E-state index < -0.39 is 0 Å². The maximum atomic E-state index is 5.33. The lowest BCUT2D eigenvalue weighted by molar-refractivity contribution is 0.864. The minimum absolute atomic E-state index is 0.239. The van der Waals surface area contributed by atoms with Gasteiger partial charge in [-0.3, -0.25) is 4.98 Å². The highest BCUT2D eigenvalue weighted by atomic mass is 14.9. The molecule has 3 heteroatoms. The monoisotopic (exact) mass is 613 g/mol. The Bertz CT molecular complexity index is 2530. The van der Waals surface area contributed by atoms with Gasteiger partial charge in [-0.2, -0.15) is 0 Å². The number of allylic oxidation sites excluding steroid dienone is 4. The number of hydrogen-bond acceptors (Lipinski definition) is 3. The summed E-state index contributed by atoms with van der Waals surface area (Å²) in [5, 5.41) is 5.93. The van der Waals surface area contributed by atoms with Crippen LogP contribution in [0.3, 0.4) is 0 Å². The average molecular weight is 614 g/mol. The number of hydrogen-bond donors (Lipinski definition) is 0. The molecule has 6 aromatic carbocycles. The Morgan fingerprint density at radius 3 is 2.10 bits per heavy atom. The fraction of sp³-hybridized carbons (Fsp3) is 0.0444. The molecule has 2 heterocycles. The molecule has 9 rings (SSSR count). The Balaban J connectivity index is 1.18. The lowest BCUT2D eigenvalue weighted by Crippen LogP contribution is -2.04. The van der Waals surface area contributed by atoms with Gasteiger partial charge in [0.15, 0.2) is 5.82 Å². The molecule has 0 spiro atoms. The van der Waals surface area contributed by atoms with Gasteiger partial charge < -0.3 is 0 Å². The molecular formula is C45H31N3. The summed E-state index contributed by atoms with van der Waals surface area (Å²) in [5.41, 5.74) is 9.85. The Hall–Kier alpha value is -6.19. The summed E-state index contributed by atoms with van der Waals surface area (Å²) in [6, 6.07) is 51.6. The molecule has 1 aliphatic carbocycles. The van der Waals surface area contributed by atoms with Crippen LogP contribution in [0.4, 0.5) is 0 Å². The first-order valence-corrected chi connectivity index (χ1v) is 16.5. The van der Waals surface area contributed by atoms with Crippen molar-refractivity contribution < 1.29 is 0 Å². The van der Waals surface area contributed by atoms with Crippen molar-refractivity contribution in [1.29, 1.82) is 0 Å². The Morgan fingerprint density at radius 1 is 0.521 bits per heavy atom. The van der Waals surface area contributed by atoms with Crippen molar-refractivity contribution in [1.82, 2.24) is 15.0 Å². The van der Waals surface area contributed by atoms with Gasteiger partial charge in [-0.05, 0) is 80.6 Å². The number of rotatable bonds is 5. The predicted molar refractivity (Wildman–Crippen MR) is 200 cm³/mol. The molecule has 0 aliphatic heterocycles. The fourth-order valence-electron chi connectivity index (χ4n) is 7.01. The van der Waals surface area contributed by atoms with E-state index in [0.717, 1.165) is 51.0 Å². The van der Waals surface area contributed by atoms with E-state index in [0.29, 0.717) is 0 Å². The molecular weight excluding hydrogens is 583 g/mol. The van der Waals surface area contributed by atoms with Crippen molar-refractivity contribution >= 4 is 38.0 Å². The maximum absolute atomic E-state index is 5.33. The first kappa shape index (κ1) is 28.1. The van der Waals surface area contributed by atoms with Gasteiger partial charge in [-0.15, -0.1) is 0 Å². The van der Waals surface area contributed by atoms with Crippen LogP contribution < -0.4 is 0 Å². The molecule has 1 unspecified atom stereocenters. The molecule has 8 aromatic rings. The van der Waals surface area contributed by atoms with Crippen molar-refractivity contribution in [2.75, 3.05) is 0 Å². The highest BCUT2D eigenvalue weighted by molar-refractivity contribution is 6.13. The van der Waals surface area contributed by atoms with Crippen molar-refractivity contribution in [2.24, 2.45) is 0 Å². The first-order valence-electron chi connectivity index (χ1n) is 16.5. The average Bonchev–Trinajstić information content (AvgIpc) is 3.17. The van der Waals surface area contributed by atoms with Crippen LogP contribution in [0, 0.1) is 0 Å². The van der Waals surface area contributed by atoms with Crippen LogP contribution in [0.5, 0.6) is 0 Å². The Morgan fingerprint density at radius 2 is 1.23 bits per heavy atom. The van der Waals surface area contributed by atoms with Crippen molar-refractivity contribution in [3.8, 4) is 33.8 Å². The molecule has 0 saturated carbocycles. The van der Waals surface area contributed by atoms with Crippen LogP contribution in [0.15, 0.2) is 170 Å². The molecule has 3 nitrogen and oxygen atoms in total. The minimum atomic E-state index is 0.239. The van der Waals surface area contributed by atoms with E-state index in [4.69, 9.17) is 9.97 Å². The van der Waals surface area contributed by atoms with E-state index in [2.05, 4.69) is 163 Å².